The summed E-state index contributed by atoms with van der Waals surface area (Å²) in [5.41, 5.74) is 0.00406. The first-order valence-corrected chi connectivity index (χ1v) is 9.01. The number of rotatable bonds is 2. The number of hydrogen-bond acceptors (Lipinski definition) is 4. The Labute approximate surface area is 132 Å². The van der Waals surface area contributed by atoms with E-state index in [-0.39, 0.29) is 5.60 Å². The van der Waals surface area contributed by atoms with Crippen LogP contribution in [0.4, 0.5) is 0 Å². The Morgan fingerprint density at radius 1 is 1.05 bits per heavy atom. The molecule has 4 fully saturated rings. The van der Waals surface area contributed by atoms with Crippen molar-refractivity contribution >= 4 is 5.91 Å². The Hall–Kier alpha value is -0.650. The number of amides is 1. The first-order chi connectivity index (χ1) is 10.8. The topological polar surface area (TPSA) is 42.0 Å². The van der Waals surface area contributed by atoms with Gasteiger partial charge in [-0.25, -0.2) is 0 Å². The lowest BCUT2D eigenvalue weighted by Crippen LogP contribution is -2.51. The third-order valence-electron chi connectivity index (χ3n) is 6.07. The molecule has 0 bridgehead atoms. The average Bonchev–Trinajstić information content (AvgIpc) is 3.15. The highest BCUT2D eigenvalue weighted by Crippen LogP contribution is 2.38. The zero-order chi connectivity index (χ0) is 15.0. The fraction of sp³-hybridized carbons (Fsp3) is 0.941. The van der Waals surface area contributed by atoms with Crippen LogP contribution in [-0.4, -0.2) is 72.8 Å². The third-order valence-corrected chi connectivity index (χ3v) is 6.07. The molecule has 4 rings (SSSR count). The van der Waals surface area contributed by atoms with E-state index in [1.165, 1.54) is 0 Å². The fourth-order valence-electron chi connectivity index (χ4n) is 4.85. The number of likely N-dealkylation sites (tertiary alicyclic amines) is 2. The molecule has 124 valence electrons. The van der Waals surface area contributed by atoms with E-state index >= 15 is 0 Å². The lowest BCUT2D eigenvalue weighted by atomic mass is 9.88. The highest BCUT2D eigenvalue weighted by molar-refractivity contribution is 5.78. The maximum atomic E-state index is 12.0. The first-order valence-electron chi connectivity index (χ1n) is 9.01. The van der Waals surface area contributed by atoms with E-state index in [0.29, 0.717) is 18.0 Å². The van der Waals surface area contributed by atoms with Crippen molar-refractivity contribution in [3.63, 3.8) is 0 Å². The molecule has 0 N–H and O–H groups in total. The van der Waals surface area contributed by atoms with Crippen LogP contribution in [-0.2, 0) is 14.3 Å². The lowest BCUT2D eigenvalue weighted by Gasteiger charge is -2.42. The molecule has 0 aromatic rings. The Bertz CT molecular complexity index is 424. The summed E-state index contributed by atoms with van der Waals surface area (Å²) in [4.78, 5) is 16.8. The monoisotopic (exact) mass is 308 g/mol. The number of nitrogens with zero attached hydrogens (tertiary/aromatic N) is 2. The molecule has 5 nitrogen and oxygen atoms in total. The van der Waals surface area contributed by atoms with Gasteiger partial charge in [0.15, 0.2) is 0 Å². The molecule has 1 spiro atoms. The van der Waals surface area contributed by atoms with Gasteiger partial charge in [0.05, 0.1) is 5.60 Å². The van der Waals surface area contributed by atoms with Crippen LogP contribution in [0.15, 0.2) is 0 Å². The normalized spacial score (nSPS) is 38.3. The van der Waals surface area contributed by atoms with Crippen molar-refractivity contribution in [2.75, 3.05) is 39.5 Å². The Morgan fingerprint density at radius 3 is 2.64 bits per heavy atom. The molecular formula is C17H28N2O3. The van der Waals surface area contributed by atoms with Gasteiger partial charge < -0.3 is 14.4 Å². The number of ether oxygens (including phenoxy) is 2. The van der Waals surface area contributed by atoms with Gasteiger partial charge in [0, 0.05) is 58.0 Å². The highest BCUT2D eigenvalue weighted by atomic mass is 16.5. The van der Waals surface area contributed by atoms with Crippen LogP contribution in [0.2, 0.25) is 0 Å². The van der Waals surface area contributed by atoms with Gasteiger partial charge in [-0.05, 0) is 38.5 Å². The smallest absolute Gasteiger partial charge is 0.222 e. The van der Waals surface area contributed by atoms with Gasteiger partial charge in [-0.1, -0.05) is 0 Å². The van der Waals surface area contributed by atoms with Gasteiger partial charge in [-0.3, -0.25) is 9.69 Å². The fourth-order valence-corrected chi connectivity index (χ4v) is 4.85. The van der Waals surface area contributed by atoms with Crippen LogP contribution in [0.1, 0.15) is 44.9 Å². The molecule has 0 saturated carbocycles. The molecule has 4 aliphatic heterocycles. The highest BCUT2D eigenvalue weighted by Gasteiger charge is 2.46. The largest absolute Gasteiger partial charge is 0.381 e. The van der Waals surface area contributed by atoms with E-state index < -0.39 is 0 Å². The second kappa shape index (κ2) is 6.10. The standard InChI is InChI=1S/C17H28N2O3/c20-16-2-1-7-19(16)15-5-11-22-17(12-15)6-8-18(13-17)14-3-9-21-10-4-14/h14-15H,1-13H2/t15-,17-/m1/s1. The molecule has 1 amide bonds. The van der Waals surface area contributed by atoms with E-state index in [9.17, 15) is 4.79 Å². The molecule has 5 heteroatoms. The van der Waals surface area contributed by atoms with Crippen LogP contribution in [0.5, 0.6) is 0 Å². The summed E-state index contributed by atoms with van der Waals surface area (Å²) >= 11 is 0. The third kappa shape index (κ3) is 2.79. The predicted molar refractivity (Wildman–Crippen MR) is 82.7 cm³/mol. The van der Waals surface area contributed by atoms with Gasteiger partial charge in [0.25, 0.3) is 0 Å². The summed E-state index contributed by atoms with van der Waals surface area (Å²) in [5, 5.41) is 0. The van der Waals surface area contributed by atoms with Gasteiger partial charge in [0.2, 0.25) is 5.91 Å². The number of hydrogen-bond donors (Lipinski definition) is 0. The van der Waals surface area contributed by atoms with Crippen LogP contribution in [0.3, 0.4) is 0 Å². The molecule has 0 aromatic carbocycles. The molecule has 0 aromatic heterocycles. The maximum Gasteiger partial charge on any atom is 0.222 e. The minimum atomic E-state index is 0.00406. The summed E-state index contributed by atoms with van der Waals surface area (Å²) in [6.45, 7) is 5.78. The molecule has 0 aliphatic carbocycles. The number of carbonyl (C=O) groups excluding carboxylic acids is 1. The van der Waals surface area contributed by atoms with Crippen molar-refractivity contribution < 1.29 is 14.3 Å². The maximum absolute atomic E-state index is 12.0. The van der Waals surface area contributed by atoms with Gasteiger partial charge in [0.1, 0.15) is 0 Å². The van der Waals surface area contributed by atoms with Crippen molar-refractivity contribution in [3.8, 4) is 0 Å². The summed E-state index contributed by atoms with van der Waals surface area (Å²) < 4.78 is 11.8. The molecular weight excluding hydrogens is 280 g/mol. The molecule has 4 saturated heterocycles. The summed E-state index contributed by atoms with van der Waals surface area (Å²) in [7, 11) is 0. The quantitative estimate of drug-likeness (QED) is 0.773. The van der Waals surface area contributed by atoms with Crippen LogP contribution >= 0.6 is 0 Å². The minimum Gasteiger partial charge on any atom is -0.381 e. The summed E-state index contributed by atoms with van der Waals surface area (Å²) in [6.07, 6.45) is 7.29. The molecule has 0 radical (unpaired) electrons. The summed E-state index contributed by atoms with van der Waals surface area (Å²) in [6, 6.07) is 1.09. The van der Waals surface area contributed by atoms with Crippen molar-refractivity contribution in [1.82, 2.24) is 9.80 Å². The van der Waals surface area contributed by atoms with Crippen LogP contribution in [0, 0.1) is 0 Å². The van der Waals surface area contributed by atoms with Crippen molar-refractivity contribution in [2.24, 2.45) is 0 Å². The van der Waals surface area contributed by atoms with Crippen LogP contribution < -0.4 is 0 Å². The molecule has 22 heavy (non-hydrogen) atoms. The zero-order valence-electron chi connectivity index (χ0n) is 13.5. The van der Waals surface area contributed by atoms with E-state index in [1.807, 2.05) is 0 Å². The molecule has 2 atom stereocenters. The van der Waals surface area contributed by atoms with E-state index in [2.05, 4.69) is 9.80 Å². The Morgan fingerprint density at radius 2 is 1.86 bits per heavy atom. The van der Waals surface area contributed by atoms with Crippen LogP contribution in [0.25, 0.3) is 0 Å². The zero-order valence-corrected chi connectivity index (χ0v) is 13.5. The summed E-state index contributed by atoms with van der Waals surface area (Å²) in [5.74, 6) is 0.362. The van der Waals surface area contributed by atoms with Crippen molar-refractivity contribution in [2.45, 2.75) is 62.6 Å². The second-order valence-corrected chi connectivity index (χ2v) is 7.43. The van der Waals surface area contributed by atoms with Gasteiger partial charge >= 0.3 is 0 Å². The van der Waals surface area contributed by atoms with Gasteiger partial charge in [-0.2, -0.15) is 0 Å². The number of carbonyl (C=O) groups is 1. The lowest BCUT2D eigenvalue weighted by molar-refractivity contribution is -0.137. The molecule has 4 aliphatic rings. The van der Waals surface area contributed by atoms with E-state index in [4.69, 9.17) is 9.47 Å². The van der Waals surface area contributed by atoms with E-state index in [0.717, 1.165) is 84.4 Å². The van der Waals surface area contributed by atoms with Crippen molar-refractivity contribution in [1.29, 1.82) is 0 Å². The first kappa shape index (κ1) is 14.9. The predicted octanol–water partition coefficient (Wildman–Crippen LogP) is 1.41. The molecule has 0 unspecified atom stereocenters. The van der Waals surface area contributed by atoms with E-state index in [1.54, 1.807) is 0 Å². The Balaban J connectivity index is 1.40. The van der Waals surface area contributed by atoms with Gasteiger partial charge in [-0.15, -0.1) is 0 Å². The second-order valence-electron chi connectivity index (χ2n) is 7.43. The molecule has 4 heterocycles. The average molecular weight is 308 g/mol. The Kier molecular flexibility index (Phi) is 4.13. The SMILES string of the molecule is O=C1CCCN1[C@@H]1CCO[C@]2(CCN(C3CCOCC3)C2)C1. The minimum absolute atomic E-state index is 0.00406. The van der Waals surface area contributed by atoms with Crippen molar-refractivity contribution in [3.05, 3.63) is 0 Å².